The number of fused-ring (bicyclic) bond motifs is 2. The molecule has 0 fully saturated rings. The molecule has 4 rings (SSSR count). The lowest BCUT2D eigenvalue weighted by Crippen LogP contribution is -2.21. The van der Waals surface area contributed by atoms with Crippen LogP contribution in [0.5, 0.6) is 0 Å². The van der Waals surface area contributed by atoms with E-state index in [9.17, 15) is 8.42 Å². The molecule has 2 aromatic carbocycles. The number of anilines is 1. The summed E-state index contributed by atoms with van der Waals surface area (Å²) in [5, 5.41) is 10.5. The van der Waals surface area contributed by atoms with Crippen LogP contribution in [0.3, 0.4) is 0 Å². The standard InChI is InChI=1S/C16H12N4O2S/c21-23(22,19-15-4-2-1-3-5-15)20-7-6-12-9-16-13(10-17-18-16)8-14(12)11-20/h1-11,19H. The lowest BCUT2D eigenvalue weighted by atomic mass is 10.1. The Morgan fingerprint density at radius 2 is 1.78 bits per heavy atom. The van der Waals surface area contributed by atoms with Gasteiger partial charge >= 0.3 is 10.2 Å². The average molecular weight is 324 g/mol. The summed E-state index contributed by atoms with van der Waals surface area (Å²) in [6.45, 7) is 0. The van der Waals surface area contributed by atoms with E-state index in [0.29, 0.717) is 5.69 Å². The van der Waals surface area contributed by atoms with Gasteiger partial charge in [0.1, 0.15) is 0 Å². The molecule has 2 aromatic heterocycles. The van der Waals surface area contributed by atoms with Gasteiger partial charge in [-0.2, -0.15) is 18.6 Å². The summed E-state index contributed by atoms with van der Waals surface area (Å²) >= 11 is 0. The lowest BCUT2D eigenvalue weighted by Gasteiger charge is -2.11. The Bertz CT molecular complexity index is 1100. The van der Waals surface area contributed by atoms with Crippen molar-refractivity contribution in [3.05, 3.63) is 67.1 Å². The van der Waals surface area contributed by atoms with Crippen molar-refractivity contribution in [2.45, 2.75) is 0 Å². The molecule has 0 saturated heterocycles. The van der Waals surface area contributed by atoms with Crippen LogP contribution in [0.4, 0.5) is 5.69 Å². The molecule has 0 aliphatic carbocycles. The zero-order valence-electron chi connectivity index (χ0n) is 11.9. The highest BCUT2D eigenvalue weighted by molar-refractivity contribution is 7.91. The van der Waals surface area contributed by atoms with Crippen molar-refractivity contribution in [1.82, 2.24) is 14.2 Å². The van der Waals surface area contributed by atoms with E-state index in [1.54, 1.807) is 42.7 Å². The number of para-hydroxylation sites is 1. The molecule has 0 radical (unpaired) electrons. The number of aromatic nitrogens is 3. The highest BCUT2D eigenvalue weighted by Crippen LogP contribution is 2.21. The molecule has 4 aromatic rings. The maximum atomic E-state index is 12.5. The van der Waals surface area contributed by atoms with Crippen LogP contribution in [0.25, 0.3) is 21.7 Å². The minimum Gasteiger partial charge on any atom is -0.266 e. The van der Waals surface area contributed by atoms with Crippen LogP contribution in [0, 0.1) is 0 Å². The molecule has 0 spiro atoms. The van der Waals surface area contributed by atoms with Crippen LogP contribution in [0.2, 0.25) is 0 Å². The number of hydrogen-bond donors (Lipinski definition) is 1. The van der Waals surface area contributed by atoms with E-state index < -0.39 is 10.2 Å². The predicted octanol–water partition coefficient (Wildman–Crippen LogP) is 2.79. The predicted molar refractivity (Wildman–Crippen MR) is 89.4 cm³/mol. The second kappa shape index (κ2) is 5.06. The fourth-order valence-corrected chi connectivity index (χ4v) is 3.44. The van der Waals surface area contributed by atoms with Crippen molar-refractivity contribution < 1.29 is 8.42 Å². The van der Waals surface area contributed by atoms with Crippen molar-refractivity contribution in [2.75, 3.05) is 4.72 Å². The summed E-state index contributed by atoms with van der Waals surface area (Å²) in [5.41, 5.74) is 1.31. The molecule has 1 N–H and O–H groups in total. The van der Waals surface area contributed by atoms with Gasteiger partial charge in [-0.1, -0.05) is 18.2 Å². The third-order valence-corrected chi connectivity index (χ3v) is 4.84. The topological polar surface area (TPSA) is 76.9 Å². The Morgan fingerprint density at radius 1 is 0.957 bits per heavy atom. The largest absolute Gasteiger partial charge is 0.327 e. The highest BCUT2D eigenvalue weighted by Gasteiger charge is 2.12. The molecule has 0 aliphatic rings. The maximum Gasteiger partial charge on any atom is 0.327 e. The van der Waals surface area contributed by atoms with E-state index >= 15 is 0 Å². The highest BCUT2D eigenvalue weighted by atomic mass is 32.2. The summed E-state index contributed by atoms with van der Waals surface area (Å²) in [4.78, 5) is 0. The molecule has 23 heavy (non-hydrogen) atoms. The van der Waals surface area contributed by atoms with Crippen LogP contribution in [0.1, 0.15) is 0 Å². The molecule has 0 aliphatic heterocycles. The van der Waals surface area contributed by atoms with Crippen molar-refractivity contribution in [3.63, 3.8) is 0 Å². The van der Waals surface area contributed by atoms with E-state index in [0.717, 1.165) is 25.6 Å². The quantitative estimate of drug-likeness (QED) is 0.628. The molecule has 114 valence electrons. The Balaban J connectivity index is 1.79. The molecule has 2 heterocycles. The van der Waals surface area contributed by atoms with Crippen LogP contribution in [-0.2, 0) is 10.2 Å². The SMILES string of the molecule is O=S(=O)(Nc1ccccc1)n1ccc2cc3nncc3cc2c1. The maximum absolute atomic E-state index is 12.5. The van der Waals surface area contributed by atoms with Gasteiger partial charge in [-0.05, 0) is 41.1 Å². The van der Waals surface area contributed by atoms with E-state index in [2.05, 4.69) is 14.9 Å². The van der Waals surface area contributed by atoms with E-state index in [1.165, 1.54) is 6.20 Å². The summed E-state index contributed by atoms with van der Waals surface area (Å²) in [6, 6.07) is 14.3. The van der Waals surface area contributed by atoms with Gasteiger partial charge in [0.25, 0.3) is 0 Å². The Labute approximate surface area is 132 Å². The first-order chi connectivity index (χ1) is 11.1. The zero-order valence-corrected chi connectivity index (χ0v) is 12.7. The van der Waals surface area contributed by atoms with Crippen LogP contribution in [0.15, 0.2) is 67.1 Å². The second-order valence-corrected chi connectivity index (χ2v) is 6.71. The first kappa shape index (κ1) is 13.7. The monoisotopic (exact) mass is 324 g/mol. The van der Waals surface area contributed by atoms with Gasteiger partial charge in [0.2, 0.25) is 0 Å². The van der Waals surface area contributed by atoms with Crippen molar-refractivity contribution in [3.8, 4) is 0 Å². The van der Waals surface area contributed by atoms with E-state index in [-0.39, 0.29) is 0 Å². The van der Waals surface area contributed by atoms with Gasteiger partial charge < -0.3 is 0 Å². The van der Waals surface area contributed by atoms with E-state index in [1.807, 2.05) is 18.2 Å². The summed E-state index contributed by atoms with van der Waals surface area (Å²) in [7, 11) is -3.71. The van der Waals surface area contributed by atoms with Gasteiger partial charge in [-0.15, -0.1) is 0 Å². The zero-order chi connectivity index (χ0) is 15.9. The Morgan fingerprint density at radius 3 is 2.61 bits per heavy atom. The fraction of sp³-hybridized carbons (Fsp3) is 0. The summed E-state index contributed by atoms with van der Waals surface area (Å²) < 4.78 is 28.7. The summed E-state index contributed by atoms with van der Waals surface area (Å²) in [5.74, 6) is 0. The molecule has 0 unspecified atom stereocenters. The van der Waals surface area contributed by atoms with Crippen molar-refractivity contribution >= 4 is 37.6 Å². The van der Waals surface area contributed by atoms with E-state index in [4.69, 9.17) is 0 Å². The first-order valence-electron chi connectivity index (χ1n) is 6.93. The third-order valence-electron chi connectivity index (χ3n) is 3.56. The molecule has 0 atom stereocenters. The molecule has 0 amide bonds. The fourth-order valence-electron chi connectivity index (χ4n) is 2.43. The van der Waals surface area contributed by atoms with Crippen molar-refractivity contribution in [1.29, 1.82) is 0 Å². The minimum atomic E-state index is -3.71. The molecular weight excluding hydrogens is 312 g/mol. The number of benzene rings is 2. The Hall–Kier alpha value is -2.93. The average Bonchev–Trinajstić information content (AvgIpc) is 2.99. The molecule has 7 heteroatoms. The van der Waals surface area contributed by atoms with Gasteiger partial charge in [-0.25, -0.2) is 3.97 Å². The normalized spacial score (nSPS) is 11.8. The molecule has 0 saturated carbocycles. The number of nitrogens with zero attached hydrogens (tertiary/aromatic N) is 3. The minimum absolute atomic E-state index is 0.514. The molecule has 0 bridgehead atoms. The van der Waals surface area contributed by atoms with Gasteiger partial charge in [0.15, 0.2) is 0 Å². The van der Waals surface area contributed by atoms with Crippen LogP contribution in [-0.4, -0.2) is 22.6 Å². The Kier molecular flexibility index (Phi) is 3.02. The number of hydrogen-bond acceptors (Lipinski definition) is 4. The first-order valence-corrected chi connectivity index (χ1v) is 8.37. The smallest absolute Gasteiger partial charge is 0.266 e. The van der Waals surface area contributed by atoms with Gasteiger partial charge in [0.05, 0.1) is 17.4 Å². The van der Waals surface area contributed by atoms with Crippen molar-refractivity contribution in [2.24, 2.45) is 0 Å². The molecular formula is C16H12N4O2S. The van der Waals surface area contributed by atoms with Crippen LogP contribution >= 0.6 is 0 Å². The lowest BCUT2D eigenvalue weighted by molar-refractivity contribution is 0.592. The van der Waals surface area contributed by atoms with Crippen LogP contribution < -0.4 is 4.72 Å². The number of rotatable bonds is 3. The van der Waals surface area contributed by atoms with Gasteiger partial charge in [0, 0.05) is 17.8 Å². The number of pyridine rings is 1. The number of nitrogens with one attached hydrogen (secondary N) is 1. The molecule has 6 nitrogen and oxygen atoms in total. The summed E-state index contributed by atoms with van der Waals surface area (Å²) in [6.07, 6.45) is 4.74. The van der Waals surface area contributed by atoms with Gasteiger partial charge in [-0.3, -0.25) is 4.72 Å². The third kappa shape index (κ3) is 2.51. The second-order valence-electron chi connectivity index (χ2n) is 5.13.